The molecule has 0 spiro atoms. The van der Waals surface area contributed by atoms with Gasteiger partial charge in [-0.15, -0.1) is 0 Å². The van der Waals surface area contributed by atoms with Crippen LogP contribution in [0.3, 0.4) is 0 Å². The number of nitrogens with one attached hydrogen (secondary N) is 1. The van der Waals surface area contributed by atoms with Crippen LogP contribution in [0, 0.1) is 6.92 Å². The van der Waals surface area contributed by atoms with Crippen LogP contribution in [0.1, 0.15) is 24.1 Å². The van der Waals surface area contributed by atoms with Crippen molar-refractivity contribution in [3.63, 3.8) is 0 Å². The second-order valence-electron chi connectivity index (χ2n) is 4.72. The van der Waals surface area contributed by atoms with Crippen LogP contribution in [0.4, 0.5) is 5.82 Å². The first-order valence-electron chi connectivity index (χ1n) is 6.32. The van der Waals surface area contributed by atoms with Crippen LogP contribution >= 0.6 is 0 Å². The van der Waals surface area contributed by atoms with Gasteiger partial charge >= 0.3 is 0 Å². The Morgan fingerprint density at radius 2 is 2.11 bits per heavy atom. The third-order valence-corrected chi connectivity index (χ3v) is 3.52. The molecule has 1 fully saturated rings. The number of nitrogens with two attached hydrogens (primary N) is 1. The fourth-order valence-corrected chi connectivity index (χ4v) is 2.31. The van der Waals surface area contributed by atoms with E-state index in [1.54, 1.807) is 6.33 Å². The van der Waals surface area contributed by atoms with E-state index < -0.39 is 0 Å². The standard InChI is InChI=1S/C13H21N5/c1-9-12(16-8-17-13(9)15-3)10(2)18-6-4-11(14)5-7-18/h8,11H,2,4-7,14H2,1,3H3,(H,15,16,17). The molecular weight excluding hydrogens is 226 g/mol. The third-order valence-electron chi connectivity index (χ3n) is 3.52. The Bertz CT molecular complexity index is 435. The van der Waals surface area contributed by atoms with E-state index in [1.807, 2.05) is 14.0 Å². The van der Waals surface area contributed by atoms with Crippen LogP contribution in [0.25, 0.3) is 5.70 Å². The number of anilines is 1. The fourth-order valence-electron chi connectivity index (χ4n) is 2.31. The predicted octanol–water partition coefficient (Wildman–Crippen LogP) is 1.22. The van der Waals surface area contributed by atoms with Crippen LogP contribution in [-0.2, 0) is 0 Å². The fraction of sp³-hybridized carbons (Fsp3) is 0.538. The largest absolute Gasteiger partial charge is 0.373 e. The first kappa shape index (κ1) is 12.8. The highest BCUT2D eigenvalue weighted by molar-refractivity contribution is 5.65. The summed E-state index contributed by atoms with van der Waals surface area (Å²) < 4.78 is 0. The van der Waals surface area contributed by atoms with E-state index in [0.29, 0.717) is 6.04 Å². The van der Waals surface area contributed by atoms with E-state index in [1.165, 1.54) is 0 Å². The summed E-state index contributed by atoms with van der Waals surface area (Å²) in [5, 5.41) is 3.07. The van der Waals surface area contributed by atoms with E-state index in [4.69, 9.17) is 5.73 Å². The van der Waals surface area contributed by atoms with E-state index >= 15 is 0 Å². The van der Waals surface area contributed by atoms with Gasteiger partial charge in [-0.05, 0) is 19.8 Å². The van der Waals surface area contributed by atoms with Gasteiger partial charge in [0.1, 0.15) is 12.1 Å². The number of aromatic nitrogens is 2. The van der Waals surface area contributed by atoms with E-state index in [0.717, 1.165) is 48.7 Å². The molecule has 0 bridgehead atoms. The molecule has 0 aromatic carbocycles. The summed E-state index contributed by atoms with van der Waals surface area (Å²) in [5.74, 6) is 0.856. The van der Waals surface area contributed by atoms with Crippen LogP contribution in [0.2, 0.25) is 0 Å². The lowest BCUT2D eigenvalue weighted by Gasteiger charge is -2.33. The minimum Gasteiger partial charge on any atom is -0.373 e. The molecule has 1 aliphatic rings. The van der Waals surface area contributed by atoms with Crippen molar-refractivity contribution >= 4 is 11.5 Å². The van der Waals surface area contributed by atoms with Crippen molar-refractivity contribution in [2.75, 3.05) is 25.5 Å². The molecule has 0 aliphatic carbocycles. The zero-order valence-electron chi connectivity index (χ0n) is 11.1. The summed E-state index contributed by atoms with van der Waals surface area (Å²) in [5.41, 5.74) is 8.85. The number of nitrogens with zero attached hydrogens (tertiary/aromatic N) is 3. The second-order valence-corrected chi connectivity index (χ2v) is 4.72. The highest BCUT2D eigenvalue weighted by atomic mass is 15.2. The monoisotopic (exact) mass is 247 g/mol. The van der Waals surface area contributed by atoms with Gasteiger partial charge in [-0.1, -0.05) is 6.58 Å². The maximum atomic E-state index is 5.92. The molecule has 18 heavy (non-hydrogen) atoms. The van der Waals surface area contributed by atoms with Gasteiger partial charge in [-0.3, -0.25) is 0 Å². The Morgan fingerprint density at radius 3 is 2.72 bits per heavy atom. The van der Waals surface area contributed by atoms with E-state index in [2.05, 4.69) is 26.8 Å². The molecule has 0 unspecified atom stereocenters. The number of hydrogen-bond donors (Lipinski definition) is 2. The first-order chi connectivity index (χ1) is 8.63. The van der Waals surface area contributed by atoms with E-state index in [-0.39, 0.29) is 0 Å². The number of hydrogen-bond acceptors (Lipinski definition) is 5. The molecule has 3 N–H and O–H groups in total. The Balaban J connectivity index is 2.18. The van der Waals surface area contributed by atoms with Gasteiger partial charge in [0.2, 0.25) is 0 Å². The van der Waals surface area contributed by atoms with Crippen molar-refractivity contribution in [3.05, 3.63) is 24.2 Å². The van der Waals surface area contributed by atoms with Gasteiger partial charge in [0.05, 0.1) is 11.4 Å². The molecule has 98 valence electrons. The molecular formula is C13H21N5. The van der Waals surface area contributed by atoms with Crippen LogP contribution in [-0.4, -0.2) is 41.0 Å². The second kappa shape index (κ2) is 5.35. The lowest BCUT2D eigenvalue weighted by atomic mass is 10.0. The first-order valence-corrected chi connectivity index (χ1v) is 6.32. The smallest absolute Gasteiger partial charge is 0.132 e. The maximum Gasteiger partial charge on any atom is 0.132 e. The van der Waals surface area contributed by atoms with Crippen molar-refractivity contribution < 1.29 is 0 Å². The normalized spacial score (nSPS) is 16.7. The molecule has 0 radical (unpaired) electrons. The van der Waals surface area contributed by atoms with Gasteiger partial charge < -0.3 is 16.0 Å². The van der Waals surface area contributed by atoms with Crippen molar-refractivity contribution in [2.45, 2.75) is 25.8 Å². The molecule has 2 heterocycles. The highest BCUT2D eigenvalue weighted by Crippen LogP contribution is 2.24. The van der Waals surface area contributed by atoms with Gasteiger partial charge in [0, 0.05) is 31.7 Å². The molecule has 5 nitrogen and oxygen atoms in total. The number of rotatable bonds is 3. The third kappa shape index (κ3) is 2.46. The predicted molar refractivity (Wildman–Crippen MR) is 74.1 cm³/mol. The molecule has 1 aliphatic heterocycles. The lowest BCUT2D eigenvalue weighted by molar-refractivity contribution is 0.299. The van der Waals surface area contributed by atoms with Crippen molar-refractivity contribution in [2.24, 2.45) is 5.73 Å². The lowest BCUT2D eigenvalue weighted by Crippen LogP contribution is -2.38. The zero-order chi connectivity index (χ0) is 13.1. The van der Waals surface area contributed by atoms with Gasteiger partial charge in [-0.25, -0.2) is 9.97 Å². The van der Waals surface area contributed by atoms with Gasteiger partial charge in [0.15, 0.2) is 0 Å². The quantitative estimate of drug-likeness (QED) is 0.840. The summed E-state index contributed by atoms with van der Waals surface area (Å²) in [7, 11) is 1.86. The maximum absolute atomic E-state index is 5.92. The highest BCUT2D eigenvalue weighted by Gasteiger charge is 2.20. The van der Waals surface area contributed by atoms with Crippen LogP contribution in [0.5, 0.6) is 0 Å². The van der Waals surface area contributed by atoms with Gasteiger partial charge in [0.25, 0.3) is 0 Å². The minimum absolute atomic E-state index is 0.327. The summed E-state index contributed by atoms with van der Waals surface area (Å²) in [6, 6.07) is 0.327. The Hall–Kier alpha value is -1.62. The van der Waals surface area contributed by atoms with Crippen LogP contribution in [0.15, 0.2) is 12.9 Å². The molecule has 0 saturated carbocycles. The summed E-state index contributed by atoms with van der Waals surface area (Å²) >= 11 is 0. The molecule has 1 aromatic rings. The average Bonchev–Trinajstić information content (AvgIpc) is 2.39. The van der Waals surface area contributed by atoms with Crippen LogP contribution < -0.4 is 11.1 Å². The SMILES string of the molecule is C=C(c1ncnc(NC)c1C)N1CCC(N)CC1. The van der Waals surface area contributed by atoms with Crippen molar-refractivity contribution in [1.82, 2.24) is 14.9 Å². The molecule has 1 aromatic heterocycles. The molecule has 5 heteroatoms. The Morgan fingerprint density at radius 1 is 1.44 bits per heavy atom. The average molecular weight is 247 g/mol. The van der Waals surface area contributed by atoms with E-state index in [9.17, 15) is 0 Å². The molecule has 2 rings (SSSR count). The van der Waals surface area contributed by atoms with Crippen molar-refractivity contribution in [3.8, 4) is 0 Å². The number of piperidine rings is 1. The zero-order valence-corrected chi connectivity index (χ0v) is 11.1. The minimum atomic E-state index is 0.327. The molecule has 0 amide bonds. The Labute approximate surface area is 108 Å². The van der Waals surface area contributed by atoms with Crippen molar-refractivity contribution in [1.29, 1.82) is 0 Å². The molecule has 0 atom stereocenters. The summed E-state index contributed by atoms with van der Waals surface area (Å²) in [6.45, 7) is 8.11. The van der Waals surface area contributed by atoms with Gasteiger partial charge in [-0.2, -0.15) is 0 Å². The summed E-state index contributed by atoms with van der Waals surface area (Å²) in [6.07, 6.45) is 3.61. The number of likely N-dealkylation sites (tertiary alicyclic amines) is 1. The summed E-state index contributed by atoms with van der Waals surface area (Å²) in [4.78, 5) is 10.8. The molecule has 1 saturated heterocycles. The Kier molecular flexibility index (Phi) is 3.81. The topological polar surface area (TPSA) is 67.1 Å².